The fourth-order valence-electron chi connectivity index (χ4n) is 2.70. The summed E-state index contributed by atoms with van der Waals surface area (Å²) in [5.41, 5.74) is -1.04. The molecule has 0 bridgehead atoms. The van der Waals surface area contributed by atoms with Gasteiger partial charge in [0.05, 0.1) is 24.3 Å². The Morgan fingerprint density at radius 1 is 1.22 bits per heavy atom. The molecule has 2 heterocycles. The van der Waals surface area contributed by atoms with Crippen molar-refractivity contribution < 1.29 is 32.4 Å². The number of esters is 1. The fraction of sp³-hybridized carbons (Fsp3) is 0.167. The first-order chi connectivity index (χ1) is 12.8. The number of nitriles is 1. The van der Waals surface area contributed by atoms with E-state index in [1.165, 1.54) is 27.3 Å². The molecule has 0 atom stereocenters. The maximum absolute atomic E-state index is 13.1. The normalized spacial score (nSPS) is 11.3. The molecule has 3 rings (SSSR count). The van der Waals surface area contributed by atoms with E-state index in [-0.39, 0.29) is 18.7 Å². The van der Waals surface area contributed by atoms with Crippen molar-refractivity contribution in [1.29, 1.82) is 5.26 Å². The summed E-state index contributed by atoms with van der Waals surface area (Å²) in [6.45, 7) is 0.0995. The van der Waals surface area contributed by atoms with Crippen molar-refractivity contribution in [2.45, 2.75) is 19.1 Å². The van der Waals surface area contributed by atoms with Crippen LogP contribution in [0.25, 0.3) is 5.65 Å². The van der Waals surface area contributed by atoms with E-state index in [1.54, 1.807) is 18.2 Å². The van der Waals surface area contributed by atoms with Crippen LogP contribution >= 0.6 is 0 Å². The highest BCUT2D eigenvalue weighted by Crippen LogP contribution is 2.36. The molecule has 27 heavy (non-hydrogen) atoms. The van der Waals surface area contributed by atoms with Gasteiger partial charge in [0.25, 0.3) is 5.65 Å². The fourth-order valence-corrected chi connectivity index (χ4v) is 2.70. The van der Waals surface area contributed by atoms with Crippen molar-refractivity contribution in [3.8, 4) is 17.7 Å². The number of hydrogen-bond acceptors (Lipinski definition) is 4. The zero-order chi connectivity index (χ0) is 19.6. The number of benzene rings is 1. The Kier molecular flexibility index (Phi) is 4.73. The highest BCUT2D eigenvalue weighted by molar-refractivity contribution is 5.92. The molecule has 1 N–H and O–H groups in total. The van der Waals surface area contributed by atoms with Gasteiger partial charge in [-0.05, 0) is 18.2 Å². The maximum atomic E-state index is 13.1. The molecule has 0 radical (unpaired) electrons. The molecule has 9 heteroatoms. The number of para-hydroxylation sites is 1. The number of imidazole rings is 1. The first-order valence-electron chi connectivity index (χ1n) is 7.81. The lowest BCUT2D eigenvalue weighted by molar-refractivity contribution is -0.675. The van der Waals surface area contributed by atoms with Gasteiger partial charge in [-0.1, -0.05) is 18.2 Å². The van der Waals surface area contributed by atoms with Crippen molar-refractivity contribution >= 4 is 11.6 Å². The number of hydrogen-bond donors (Lipinski definition) is 1. The molecule has 0 saturated carbocycles. The van der Waals surface area contributed by atoms with Crippen LogP contribution in [0.1, 0.15) is 22.5 Å². The molecule has 0 amide bonds. The number of carbonyl (C=O) groups is 1. The monoisotopic (exact) mass is 376 g/mol. The van der Waals surface area contributed by atoms with E-state index < -0.39 is 29.3 Å². The topological polar surface area (TPSA) is 78.6 Å². The first kappa shape index (κ1) is 18.3. The first-order valence-corrected chi connectivity index (χ1v) is 7.81. The van der Waals surface area contributed by atoms with Crippen LogP contribution in [0.3, 0.4) is 0 Å². The summed E-state index contributed by atoms with van der Waals surface area (Å²) < 4.78 is 46.8. The average molecular weight is 376 g/mol. The smallest absolute Gasteiger partial charge is 0.419 e. The van der Waals surface area contributed by atoms with Crippen LogP contribution in [0.2, 0.25) is 0 Å². The highest BCUT2D eigenvalue weighted by atomic mass is 19.4. The molecular weight excluding hydrogens is 363 g/mol. The summed E-state index contributed by atoms with van der Waals surface area (Å²) in [4.78, 5) is 12.6. The van der Waals surface area contributed by atoms with E-state index in [0.29, 0.717) is 5.65 Å². The summed E-state index contributed by atoms with van der Waals surface area (Å²) in [6, 6.07) is 11.1. The molecular formula is C18H13F3N3O3+. The van der Waals surface area contributed by atoms with Crippen LogP contribution in [0.5, 0.6) is 11.6 Å². The third-order valence-corrected chi connectivity index (χ3v) is 3.86. The minimum atomic E-state index is -4.70. The second-order valence-electron chi connectivity index (χ2n) is 5.54. The largest absolute Gasteiger partial charge is 0.474 e. The van der Waals surface area contributed by atoms with Gasteiger partial charge < -0.3 is 9.84 Å². The molecule has 0 saturated heterocycles. The Labute approximate surface area is 151 Å². The molecule has 0 aliphatic carbocycles. The number of aryl methyl sites for hydroxylation is 1. The van der Waals surface area contributed by atoms with Gasteiger partial charge in [-0.15, -0.1) is 0 Å². The van der Waals surface area contributed by atoms with Crippen molar-refractivity contribution in [2.75, 3.05) is 0 Å². The van der Waals surface area contributed by atoms with E-state index in [9.17, 15) is 23.1 Å². The SMILES string of the molecule is N#CCC[n+]1c(O)c(C(=O)Oc2ccccc2C(F)(F)F)n2ccccc21. The van der Waals surface area contributed by atoms with Gasteiger partial charge in [-0.2, -0.15) is 27.4 Å². The van der Waals surface area contributed by atoms with Gasteiger partial charge in [0.2, 0.25) is 0 Å². The average Bonchev–Trinajstić information content (AvgIpc) is 2.91. The molecule has 1 aromatic carbocycles. The Hall–Kier alpha value is -3.54. The van der Waals surface area contributed by atoms with Crippen LogP contribution in [-0.2, 0) is 12.7 Å². The molecule has 2 aromatic heterocycles. The number of fused-ring (bicyclic) bond motifs is 1. The van der Waals surface area contributed by atoms with Gasteiger partial charge >= 0.3 is 23.7 Å². The number of halogens is 3. The van der Waals surface area contributed by atoms with Crippen LogP contribution in [0.15, 0.2) is 48.7 Å². The lowest BCUT2D eigenvalue weighted by Crippen LogP contribution is -2.32. The highest BCUT2D eigenvalue weighted by Gasteiger charge is 2.37. The lowest BCUT2D eigenvalue weighted by atomic mass is 10.2. The van der Waals surface area contributed by atoms with Crippen molar-refractivity contribution in [3.05, 3.63) is 59.9 Å². The molecule has 0 fully saturated rings. The van der Waals surface area contributed by atoms with Gasteiger partial charge in [0, 0.05) is 6.07 Å². The van der Waals surface area contributed by atoms with E-state index in [2.05, 4.69) is 0 Å². The minimum Gasteiger partial charge on any atom is -0.474 e. The predicted molar refractivity (Wildman–Crippen MR) is 85.9 cm³/mol. The number of aromatic hydroxyl groups is 1. The number of carbonyl (C=O) groups excluding carboxylic acids is 1. The molecule has 0 unspecified atom stereocenters. The van der Waals surface area contributed by atoms with Gasteiger partial charge in [-0.3, -0.25) is 0 Å². The molecule has 0 spiro atoms. The number of aromatic nitrogens is 2. The number of pyridine rings is 1. The Balaban J connectivity index is 2.06. The maximum Gasteiger partial charge on any atom is 0.419 e. The molecule has 3 aromatic rings. The molecule has 0 aliphatic heterocycles. The molecule has 138 valence electrons. The van der Waals surface area contributed by atoms with Gasteiger partial charge in [0.1, 0.15) is 12.3 Å². The van der Waals surface area contributed by atoms with Gasteiger partial charge in [-0.25, -0.2) is 4.79 Å². The number of nitrogens with zero attached hydrogens (tertiary/aromatic N) is 3. The lowest BCUT2D eigenvalue weighted by Gasteiger charge is -2.11. The van der Waals surface area contributed by atoms with E-state index >= 15 is 0 Å². The number of alkyl halides is 3. The van der Waals surface area contributed by atoms with Crippen molar-refractivity contribution in [1.82, 2.24) is 4.40 Å². The third kappa shape index (κ3) is 3.42. The van der Waals surface area contributed by atoms with E-state index in [1.807, 2.05) is 6.07 Å². The van der Waals surface area contributed by atoms with Gasteiger partial charge in [0.15, 0.2) is 0 Å². The third-order valence-electron chi connectivity index (χ3n) is 3.86. The number of rotatable bonds is 4. The molecule has 0 aliphatic rings. The summed E-state index contributed by atoms with van der Waals surface area (Å²) in [7, 11) is 0. The van der Waals surface area contributed by atoms with Crippen LogP contribution in [-0.4, -0.2) is 15.5 Å². The van der Waals surface area contributed by atoms with Crippen molar-refractivity contribution in [2.24, 2.45) is 0 Å². The van der Waals surface area contributed by atoms with Crippen molar-refractivity contribution in [3.63, 3.8) is 0 Å². The summed E-state index contributed by atoms with van der Waals surface area (Å²) >= 11 is 0. The Bertz CT molecular complexity index is 1050. The van der Waals surface area contributed by atoms with E-state index in [4.69, 9.17) is 10.00 Å². The minimum absolute atomic E-state index is 0.0676. The van der Waals surface area contributed by atoms with E-state index in [0.717, 1.165) is 12.1 Å². The van der Waals surface area contributed by atoms with Crippen LogP contribution in [0, 0.1) is 11.3 Å². The standard InChI is InChI=1S/C18H12F3N3O3/c19-18(20,21)12-6-1-2-7-13(12)27-17(26)15-16(25)24(11-5-9-22)14-8-3-4-10-23(14)15/h1-4,6-8,10H,5,11H2/p+1. The number of ether oxygens (including phenoxy) is 1. The second kappa shape index (κ2) is 6.99. The van der Waals surface area contributed by atoms with Crippen LogP contribution in [0.4, 0.5) is 13.2 Å². The quantitative estimate of drug-likeness (QED) is 0.431. The summed E-state index contributed by atoms with van der Waals surface area (Å²) in [5.74, 6) is -2.31. The summed E-state index contributed by atoms with van der Waals surface area (Å²) in [5, 5.41) is 19.2. The Morgan fingerprint density at radius 3 is 2.63 bits per heavy atom. The zero-order valence-electron chi connectivity index (χ0n) is 13.8. The Morgan fingerprint density at radius 2 is 1.93 bits per heavy atom. The molecule has 6 nitrogen and oxygen atoms in total. The predicted octanol–water partition coefficient (Wildman–Crippen LogP) is 3.08. The zero-order valence-corrected chi connectivity index (χ0v) is 13.8. The van der Waals surface area contributed by atoms with Crippen LogP contribution < -0.4 is 9.30 Å². The summed E-state index contributed by atoms with van der Waals surface area (Å²) in [6.07, 6.45) is -3.17. The second-order valence-corrected chi connectivity index (χ2v) is 5.54.